The van der Waals surface area contributed by atoms with Gasteiger partial charge in [0.25, 0.3) is 0 Å². The molecule has 0 fully saturated rings. The van der Waals surface area contributed by atoms with Gasteiger partial charge in [-0.05, 0) is 36.8 Å². The minimum absolute atomic E-state index is 0.467. The van der Waals surface area contributed by atoms with E-state index in [4.69, 9.17) is 9.52 Å². The number of anilines is 1. The molecule has 0 atom stereocenters. The molecule has 0 saturated carbocycles. The predicted molar refractivity (Wildman–Crippen MR) is 75.8 cm³/mol. The highest BCUT2D eigenvalue weighted by Gasteiger charge is 2.11. The van der Waals surface area contributed by atoms with Crippen LogP contribution in [0.15, 0.2) is 46.9 Å². The van der Waals surface area contributed by atoms with E-state index >= 15 is 0 Å². The maximum absolute atomic E-state index is 10.6. The fourth-order valence-corrected chi connectivity index (χ4v) is 2.06. The van der Waals surface area contributed by atoms with Crippen molar-refractivity contribution in [2.24, 2.45) is 0 Å². The SMILES string of the molecule is Cc1ccccc1-c1nc2cc(NC(=O)O)ccc2o1. The third-order valence-corrected chi connectivity index (χ3v) is 3.01. The Kier molecular flexibility index (Phi) is 2.87. The Labute approximate surface area is 114 Å². The summed E-state index contributed by atoms with van der Waals surface area (Å²) in [7, 11) is 0. The molecule has 2 aromatic carbocycles. The van der Waals surface area contributed by atoms with Crippen LogP contribution in [0.2, 0.25) is 0 Å². The van der Waals surface area contributed by atoms with Crippen molar-refractivity contribution in [2.75, 3.05) is 5.32 Å². The van der Waals surface area contributed by atoms with E-state index in [9.17, 15) is 4.79 Å². The second-order valence-corrected chi connectivity index (χ2v) is 4.45. The Morgan fingerprint density at radius 3 is 2.80 bits per heavy atom. The molecule has 1 aromatic heterocycles. The quantitative estimate of drug-likeness (QED) is 0.739. The first kappa shape index (κ1) is 12.2. The van der Waals surface area contributed by atoms with Crippen LogP contribution in [0.5, 0.6) is 0 Å². The molecule has 20 heavy (non-hydrogen) atoms. The summed E-state index contributed by atoms with van der Waals surface area (Å²) in [6.45, 7) is 1.99. The van der Waals surface area contributed by atoms with Crippen LogP contribution in [0.4, 0.5) is 10.5 Å². The Morgan fingerprint density at radius 1 is 1.25 bits per heavy atom. The monoisotopic (exact) mass is 268 g/mol. The number of aryl methyl sites for hydroxylation is 1. The molecule has 0 spiro atoms. The smallest absolute Gasteiger partial charge is 0.409 e. The number of benzene rings is 2. The van der Waals surface area contributed by atoms with Crippen LogP contribution in [0, 0.1) is 6.92 Å². The number of hydrogen-bond acceptors (Lipinski definition) is 3. The predicted octanol–water partition coefficient (Wildman–Crippen LogP) is 3.89. The maximum atomic E-state index is 10.6. The molecule has 0 aliphatic rings. The lowest BCUT2D eigenvalue weighted by molar-refractivity contribution is 0.210. The minimum atomic E-state index is -1.10. The molecule has 1 amide bonds. The standard InChI is InChI=1S/C15H12N2O3/c1-9-4-2-3-5-11(9)14-17-12-8-10(16-15(18)19)6-7-13(12)20-14/h2-8,16H,1H3,(H,18,19). The van der Waals surface area contributed by atoms with Crippen molar-refractivity contribution in [2.45, 2.75) is 6.92 Å². The fraction of sp³-hybridized carbons (Fsp3) is 0.0667. The van der Waals surface area contributed by atoms with Crippen molar-refractivity contribution in [3.05, 3.63) is 48.0 Å². The molecule has 100 valence electrons. The first-order chi connectivity index (χ1) is 9.63. The van der Waals surface area contributed by atoms with Gasteiger partial charge in [-0.2, -0.15) is 0 Å². The lowest BCUT2D eigenvalue weighted by Gasteiger charge is -1.98. The van der Waals surface area contributed by atoms with Gasteiger partial charge < -0.3 is 9.52 Å². The highest BCUT2D eigenvalue weighted by atomic mass is 16.4. The van der Waals surface area contributed by atoms with Gasteiger partial charge in [0.2, 0.25) is 5.89 Å². The number of carbonyl (C=O) groups is 1. The van der Waals surface area contributed by atoms with Crippen molar-refractivity contribution >= 4 is 22.9 Å². The van der Waals surface area contributed by atoms with Crippen molar-refractivity contribution in [1.82, 2.24) is 4.98 Å². The first-order valence-corrected chi connectivity index (χ1v) is 6.10. The largest absolute Gasteiger partial charge is 0.465 e. The Bertz CT molecular complexity index is 793. The van der Waals surface area contributed by atoms with Crippen LogP contribution in [0.1, 0.15) is 5.56 Å². The number of nitrogens with zero attached hydrogens (tertiary/aromatic N) is 1. The lowest BCUT2D eigenvalue weighted by atomic mass is 10.1. The molecule has 5 nitrogen and oxygen atoms in total. The average Bonchev–Trinajstić information content (AvgIpc) is 2.81. The molecule has 5 heteroatoms. The van der Waals surface area contributed by atoms with Crippen LogP contribution in [-0.4, -0.2) is 16.2 Å². The number of rotatable bonds is 2. The van der Waals surface area contributed by atoms with Gasteiger partial charge in [-0.1, -0.05) is 18.2 Å². The molecule has 1 heterocycles. The second-order valence-electron chi connectivity index (χ2n) is 4.45. The lowest BCUT2D eigenvalue weighted by Crippen LogP contribution is -2.06. The summed E-state index contributed by atoms with van der Waals surface area (Å²) in [4.78, 5) is 15.0. The number of nitrogens with one attached hydrogen (secondary N) is 1. The summed E-state index contributed by atoms with van der Waals surface area (Å²) >= 11 is 0. The van der Waals surface area contributed by atoms with Crippen molar-refractivity contribution in [3.8, 4) is 11.5 Å². The first-order valence-electron chi connectivity index (χ1n) is 6.10. The van der Waals surface area contributed by atoms with Crippen molar-refractivity contribution in [1.29, 1.82) is 0 Å². The average molecular weight is 268 g/mol. The van der Waals surface area contributed by atoms with Gasteiger partial charge >= 0.3 is 6.09 Å². The summed E-state index contributed by atoms with van der Waals surface area (Å²) in [6.07, 6.45) is -1.10. The zero-order chi connectivity index (χ0) is 14.1. The van der Waals surface area contributed by atoms with E-state index in [1.807, 2.05) is 31.2 Å². The van der Waals surface area contributed by atoms with E-state index < -0.39 is 6.09 Å². The Hall–Kier alpha value is -2.82. The van der Waals surface area contributed by atoms with Gasteiger partial charge in [-0.15, -0.1) is 0 Å². The fourth-order valence-electron chi connectivity index (χ4n) is 2.06. The van der Waals surface area contributed by atoms with Crippen LogP contribution in [0.25, 0.3) is 22.6 Å². The summed E-state index contributed by atoms with van der Waals surface area (Å²) in [5.41, 5.74) is 3.71. The van der Waals surface area contributed by atoms with E-state index in [1.165, 1.54) is 0 Å². The van der Waals surface area contributed by atoms with E-state index in [2.05, 4.69) is 10.3 Å². The van der Waals surface area contributed by atoms with Crippen molar-refractivity contribution in [3.63, 3.8) is 0 Å². The molecule has 3 rings (SSSR count). The van der Waals surface area contributed by atoms with Crippen LogP contribution < -0.4 is 5.32 Å². The van der Waals surface area contributed by atoms with E-state index in [0.717, 1.165) is 11.1 Å². The highest BCUT2D eigenvalue weighted by molar-refractivity contribution is 5.87. The molecule has 2 N–H and O–H groups in total. The molecular weight excluding hydrogens is 256 g/mol. The third-order valence-electron chi connectivity index (χ3n) is 3.01. The highest BCUT2D eigenvalue weighted by Crippen LogP contribution is 2.27. The molecule has 0 aliphatic carbocycles. The number of fused-ring (bicyclic) bond motifs is 1. The van der Waals surface area contributed by atoms with Crippen LogP contribution >= 0.6 is 0 Å². The molecule has 3 aromatic rings. The summed E-state index contributed by atoms with van der Waals surface area (Å²) in [5, 5.41) is 11.0. The molecule has 0 bridgehead atoms. The van der Waals surface area contributed by atoms with Gasteiger partial charge in [-0.3, -0.25) is 5.32 Å². The Balaban J connectivity index is 2.07. The van der Waals surface area contributed by atoms with Gasteiger partial charge in [0.1, 0.15) is 5.52 Å². The van der Waals surface area contributed by atoms with E-state index in [0.29, 0.717) is 22.7 Å². The molecule has 0 unspecified atom stereocenters. The maximum Gasteiger partial charge on any atom is 0.409 e. The second kappa shape index (κ2) is 4.70. The molecular formula is C15H12N2O3. The third kappa shape index (κ3) is 2.21. The number of carboxylic acid groups (broad SMARTS) is 1. The Morgan fingerprint density at radius 2 is 2.05 bits per heavy atom. The summed E-state index contributed by atoms with van der Waals surface area (Å²) < 4.78 is 5.71. The number of hydrogen-bond donors (Lipinski definition) is 2. The zero-order valence-electron chi connectivity index (χ0n) is 10.8. The van der Waals surface area contributed by atoms with Gasteiger partial charge in [0.05, 0.1) is 0 Å². The molecule has 0 radical (unpaired) electrons. The van der Waals surface area contributed by atoms with E-state index in [1.54, 1.807) is 18.2 Å². The van der Waals surface area contributed by atoms with Gasteiger partial charge in [-0.25, -0.2) is 9.78 Å². The number of amides is 1. The summed E-state index contributed by atoms with van der Waals surface area (Å²) in [6, 6.07) is 12.8. The van der Waals surface area contributed by atoms with E-state index in [-0.39, 0.29) is 0 Å². The van der Waals surface area contributed by atoms with Crippen LogP contribution in [0.3, 0.4) is 0 Å². The van der Waals surface area contributed by atoms with Gasteiger partial charge in [0, 0.05) is 11.3 Å². The van der Waals surface area contributed by atoms with Crippen LogP contribution in [-0.2, 0) is 0 Å². The number of oxazole rings is 1. The zero-order valence-corrected chi connectivity index (χ0v) is 10.8. The minimum Gasteiger partial charge on any atom is -0.465 e. The van der Waals surface area contributed by atoms with Gasteiger partial charge in [0.15, 0.2) is 5.58 Å². The topological polar surface area (TPSA) is 75.4 Å². The summed E-state index contributed by atoms with van der Waals surface area (Å²) in [5.74, 6) is 0.533. The molecule has 0 aliphatic heterocycles. The number of aromatic nitrogens is 1. The van der Waals surface area contributed by atoms with Crippen molar-refractivity contribution < 1.29 is 14.3 Å². The normalized spacial score (nSPS) is 10.7. The molecule has 0 saturated heterocycles.